The van der Waals surface area contributed by atoms with Crippen LogP contribution < -0.4 is 11.2 Å². The van der Waals surface area contributed by atoms with Crippen LogP contribution in [-0.4, -0.2) is 50.6 Å². The van der Waals surface area contributed by atoms with E-state index >= 15 is 4.39 Å². The van der Waals surface area contributed by atoms with E-state index in [4.69, 9.17) is 0 Å². The van der Waals surface area contributed by atoms with Crippen LogP contribution in [0.25, 0.3) is 5.57 Å². The van der Waals surface area contributed by atoms with E-state index in [1.165, 1.54) is 6.92 Å². The van der Waals surface area contributed by atoms with Gasteiger partial charge in [0.1, 0.15) is 11.9 Å². The van der Waals surface area contributed by atoms with Gasteiger partial charge in [0.05, 0.1) is 11.1 Å². The maximum Gasteiger partial charge on any atom is 0.325 e. The number of allylic oxidation sites excluding steroid dienone is 1. The smallest absolute Gasteiger partial charge is 0.325 e. The zero-order valence-electron chi connectivity index (χ0n) is 16.3. The molecule has 5 rings (SSSR count). The Morgan fingerprint density at radius 3 is 2.48 bits per heavy atom. The van der Waals surface area contributed by atoms with E-state index in [1.807, 2.05) is 4.90 Å². The summed E-state index contributed by atoms with van der Waals surface area (Å²) in [6, 6.07) is 0. The number of rotatable bonds is 2. The second-order valence-electron chi connectivity index (χ2n) is 9.20. The number of aliphatic hydroxyl groups is 1. The standard InChI is InChI=1S/C20H24F3N3O3/c1-8-13-14(24-18(29)25-17(13)28)9(2)20(15(8)21,11-3-4-11)26-6-10-5-19(22,23)16(27)12(10)7-26/h9-12,16,27H,3-7H2,1-2H3,(H2,24,25,28,29). The minimum Gasteiger partial charge on any atom is -0.387 e. The molecule has 5 unspecified atom stereocenters. The van der Waals surface area contributed by atoms with Gasteiger partial charge >= 0.3 is 5.69 Å². The van der Waals surface area contributed by atoms with Crippen molar-refractivity contribution in [2.45, 2.75) is 56.6 Å². The fraction of sp³-hybridized carbons (Fsp3) is 0.700. The predicted molar refractivity (Wildman–Crippen MR) is 99.4 cm³/mol. The first-order valence-corrected chi connectivity index (χ1v) is 10.1. The summed E-state index contributed by atoms with van der Waals surface area (Å²) in [5.41, 5.74) is -1.63. The highest BCUT2D eigenvalue weighted by atomic mass is 19.3. The zero-order chi connectivity index (χ0) is 20.9. The highest BCUT2D eigenvalue weighted by molar-refractivity contribution is 5.72. The van der Waals surface area contributed by atoms with Crippen molar-refractivity contribution in [1.82, 2.24) is 14.9 Å². The summed E-state index contributed by atoms with van der Waals surface area (Å²) in [4.78, 5) is 31.1. The molecule has 29 heavy (non-hydrogen) atoms. The number of hydrogen-bond acceptors (Lipinski definition) is 4. The Morgan fingerprint density at radius 2 is 1.86 bits per heavy atom. The summed E-state index contributed by atoms with van der Waals surface area (Å²) in [7, 11) is 0. The Kier molecular flexibility index (Phi) is 3.85. The van der Waals surface area contributed by atoms with Crippen LogP contribution in [0.3, 0.4) is 0 Å². The number of aromatic nitrogens is 2. The third-order valence-corrected chi connectivity index (χ3v) is 7.71. The molecular weight excluding hydrogens is 387 g/mol. The molecule has 1 aromatic heterocycles. The maximum atomic E-state index is 16.1. The average Bonchev–Trinajstić information content (AvgIpc) is 3.36. The van der Waals surface area contributed by atoms with Crippen molar-refractivity contribution in [2.75, 3.05) is 13.1 Å². The summed E-state index contributed by atoms with van der Waals surface area (Å²) >= 11 is 0. The summed E-state index contributed by atoms with van der Waals surface area (Å²) in [6.45, 7) is 3.76. The fourth-order valence-corrected chi connectivity index (χ4v) is 6.30. The molecule has 3 fully saturated rings. The van der Waals surface area contributed by atoms with Crippen LogP contribution in [0.5, 0.6) is 0 Å². The largest absolute Gasteiger partial charge is 0.387 e. The van der Waals surface area contributed by atoms with Gasteiger partial charge in [-0.2, -0.15) is 0 Å². The number of alkyl halides is 2. The first-order chi connectivity index (χ1) is 13.6. The zero-order valence-corrected chi connectivity index (χ0v) is 16.3. The first-order valence-electron chi connectivity index (χ1n) is 10.1. The first kappa shape index (κ1) is 19.1. The molecule has 5 atom stereocenters. The van der Waals surface area contributed by atoms with Gasteiger partial charge < -0.3 is 10.1 Å². The Bertz CT molecular complexity index is 1030. The van der Waals surface area contributed by atoms with Gasteiger partial charge in [0.25, 0.3) is 11.5 Å². The van der Waals surface area contributed by atoms with Gasteiger partial charge in [-0.05, 0) is 37.2 Å². The summed E-state index contributed by atoms with van der Waals surface area (Å²) in [6.07, 6.45) is -0.547. The fourth-order valence-electron chi connectivity index (χ4n) is 6.30. The molecule has 4 aliphatic rings. The van der Waals surface area contributed by atoms with Crippen molar-refractivity contribution < 1.29 is 18.3 Å². The van der Waals surface area contributed by atoms with Gasteiger partial charge in [-0.25, -0.2) is 18.0 Å². The summed E-state index contributed by atoms with van der Waals surface area (Å²) in [5.74, 6) is -5.10. The van der Waals surface area contributed by atoms with Gasteiger partial charge in [0.2, 0.25) is 0 Å². The number of fused-ring (bicyclic) bond motifs is 2. The van der Waals surface area contributed by atoms with Crippen LogP contribution in [0, 0.1) is 17.8 Å². The van der Waals surface area contributed by atoms with Gasteiger partial charge in [0.15, 0.2) is 0 Å². The minimum absolute atomic E-state index is 0.0279. The minimum atomic E-state index is -3.11. The lowest BCUT2D eigenvalue weighted by molar-refractivity contribution is -0.104. The number of likely N-dealkylation sites (tertiary alicyclic amines) is 1. The van der Waals surface area contributed by atoms with Crippen molar-refractivity contribution in [3.05, 3.63) is 37.9 Å². The van der Waals surface area contributed by atoms with E-state index in [9.17, 15) is 23.5 Å². The molecule has 2 saturated carbocycles. The van der Waals surface area contributed by atoms with Crippen LogP contribution in [0.4, 0.5) is 13.2 Å². The molecule has 0 amide bonds. The Hall–Kier alpha value is -1.87. The normalized spacial score (nSPS) is 39.0. The molecule has 3 N–H and O–H groups in total. The number of aromatic amines is 2. The molecule has 9 heteroatoms. The van der Waals surface area contributed by atoms with Crippen LogP contribution in [0.1, 0.15) is 50.3 Å². The van der Waals surface area contributed by atoms with Crippen molar-refractivity contribution >= 4 is 5.57 Å². The van der Waals surface area contributed by atoms with Gasteiger partial charge in [-0.15, -0.1) is 0 Å². The topological polar surface area (TPSA) is 89.2 Å². The molecule has 158 valence electrons. The van der Waals surface area contributed by atoms with Crippen LogP contribution in [-0.2, 0) is 0 Å². The molecule has 1 aromatic rings. The third-order valence-electron chi connectivity index (χ3n) is 7.71. The number of halogens is 3. The molecule has 0 radical (unpaired) electrons. The van der Waals surface area contributed by atoms with E-state index in [0.29, 0.717) is 5.69 Å². The van der Waals surface area contributed by atoms with Crippen molar-refractivity contribution in [3.8, 4) is 0 Å². The SMILES string of the molecule is CC1=C(F)C(C2CC2)(N2CC3CC(F)(F)C(O)C3C2)C(C)c2[nH]c(=O)[nH]c(=O)c21. The van der Waals surface area contributed by atoms with Gasteiger partial charge in [0, 0.05) is 37.0 Å². The third kappa shape index (κ3) is 2.37. The molecule has 1 aliphatic heterocycles. The second kappa shape index (κ2) is 5.85. The van der Waals surface area contributed by atoms with Crippen molar-refractivity contribution in [3.63, 3.8) is 0 Å². The van der Waals surface area contributed by atoms with Gasteiger partial charge in [-0.3, -0.25) is 14.7 Å². The summed E-state index contributed by atoms with van der Waals surface area (Å²) in [5, 5.41) is 10.1. The monoisotopic (exact) mass is 411 g/mol. The molecular formula is C20H24F3N3O3. The quantitative estimate of drug-likeness (QED) is 0.694. The molecule has 1 saturated heterocycles. The highest BCUT2D eigenvalue weighted by Gasteiger charge is 2.65. The number of H-pyrrole nitrogens is 2. The van der Waals surface area contributed by atoms with Crippen molar-refractivity contribution in [1.29, 1.82) is 0 Å². The molecule has 0 bridgehead atoms. The Morgan fingerprint density at radius 1 is 1.17 bits per heavy atom. The van der Waals surface area contributed by atoms with Crippen LogP contribution >= 0.6 is 0 Å². The lowest BCUT2D eigenvalue weighted by Gasteiger charge is -2.49. The summed E-state index contributed by atoms with van der Waals surface area (Å²) < 4.78 is 44.0. The number of hydrogen-bond donors (Lipinski definition) is 3. The lowest BCUT2D eigenvalue weighted by Crippen LogP contribution is -2.57. The molecule has 0 aromatic carbocycles. The number of nitrogens with zero attached hydrogens (tertiary/aromatic N) is 1. The predicted octanol–water partition coefficient (Wildman–Crippen LogP) is 1.98. The van der Waals surface area contributed by atoms with Crippen molar-refractivity contribution in [2.24, 2.45) is 17.8 Å². The maximum absolute atomic E-state index is 16.1. The Balaban J connectivity index is 1.64. The van der Waals surface area contributed by atoms with E-state index in [2.05, 4.69) is 9.97 Å². The molecule has 2 heterocycles. The van der Waals surface area contributed by atoms with Gasteiger partial charge in [-0.1, -0.05) is 6.92 Å². The molecule has 0 spiro atoms. The second-order valence-corrected chi connectivity index (χ2v) is 9.20. The molecule has 6 nitrogen and oxygen atoms in total. The van der Waals surface area contributed by atoms with E-state index in [1.54, 1.807) is 6.92 Å². The van der Waals surface area contributed by atoms with E-state index < -0.39 is 58.8 Å². The highest BCUT2D eigenvalue weighted by Crippen LogP contribution is 2.60. The molecule has 3 aliphatic carbocycles. The van der Waals surface area contributed by atoms with Crippen LogP contribution in [0.15, 0.2) is 15.4 Å². The van der Waals surface area contributed by atoms with E-state index in [-0.39, 0.29) is 30.1 Å². The van der Waals surface area contributed by atoms with Crippen LogP contribution in [0.2, 0.25) is 0 Å². The number of nitrogens with one attached hydrogen (secondary N) is 2. The van der Waals surface area contributed by atoms with E-state index in [0.717, 1.165) is 12.8 Å². The lowest BCUT2D eigenvalue weighted by atomic mass is 9.69. The average molecular weight is 411 g/mol. The Labute approximate surface area is 164 Å². The number of aliphatic hydroxyl groups excluding tert-OH is 1.